The molecule has 1 atom stereocenters. The van der Waals surface area contributed by atoms with Gasteiger partial charge in [-0.15, -0.1) is 0 Å². The highest BCUT2D eigenvalue weighted by Crippen LogP contribution is 2.20. The van der Waals surface area contributed by atoms with Gasteiger partial charge in [0.25, 0.3) is 0 Å². The fourth-order valence-corrected chi connectivity index (χ4v) is 2.62. The van der Waals surface area contributed by atoms with Crippen LogP contribution in [-0.4, -0.2) is 29.6 Å². The zero-order valence-electron chi connectivity index (χ0n) is 10.7. The molecule has 0 aliphatic carbocycles. The number of nitrogens with zero attached hydrogens (tertiary/aromatic N) is 1. The monoisotopic (exact) mass is 233 g/mol. The number of hydrogen-bond acceptors (Lipinski definition) is 2. The van der Waals surface area contributed by atoms with Crippen molar-refractivity contribution in [2.75, 3.05) is 19.6 Å². The largest absolute Gasteiger partial charge is 0.387 e. The maximum Gasteiger partial charge on any atom is 0.0919 e. The quantitative estimate of drug-likeness (QED) is 0.867. The first-order valence-corrected chi connectivity index (χ1v) is 6.73. The fourth-order valence-electron chi connectivity index (χ4n) is 2.62. The van der Waals surface area contributed by atoms with E-state index in [2.05, 4.69) is 17.9 Å². The van der Waals surface area contributed by atoms with Crippen LogP contribution < -0.4 is 0 Å². The Kier molecular flexibility index (Phi) is 4.57. The summed E-state index contributed by atoms with van der Waals surface area (Å²) in [7, 11) is 0. The Balaban J connectivity index is 1.96. The third kappa shape index (κ3) is 3.55. The van der Waals surface area contributed by atoms with Crippen LogP contribution in [0.5, 0.6) is 0 Å². The summed E-state index contributed by atoms with van der Waals surface area (Å²) in [5.41, 5.74) is 2.27. The summed E-state index contributed by atoms with van der Waals surface area (Å²) in [6, 6.07) is 8.14. The lowest BCUT2D eigenvalue weighted by Crippen LogP contribution is -2.29. The Bertz CT molecular complexity index is 343. The van der Waals surface area contributed by atoms with Gasteiger partial charge >= 0.3 is 0 Å². The van der Waals surface area contributed by atoms with Crippen LogP contribution in [-0.2, 0) is 0 Å². The van der Waals surface area contributed by atoms with Crippen molar-refractivity contribution < 1.29 is 5.11 Å². The molecule has 1 N–H and O–H groups in total. The normalized spacial score (nSPS) is 19.9. The first kappa shape index (κ1) is 12.6. The van der Waals surface area contributed by atoms with Crippen molar-refractivity contribution in [1.82, 2.24) is 4.90 Å². The molecule has 0 spiro atoms. The van der Waals surface area contributed by atoms with E-state index in [0.717, 1.165) is 25.2 Å². The molecule has 2 heteroatoms. The van der Waals surface area contributed by atoms with Crippen LogP contribution in [0.2, 0.25) is 0 Å². The predicted octanol–water partition coefficient (Wildman–Crippen LogP) is 2.90. The number of benzene rings is 1. The molecule has 1 fully saturated rings. The van der Waals surface area contributed by atoms with Gasteiger partial charge in [0.15, 0.2) is 0 Å². The standard InChI is InChI=1S/C15H23NO/c1-13-8-4-5-9-14(13)15(17)12-16-10-6-2-3-7-11-16/h4-5,8-9,15,17H,2-3,6-7,10-12H2,1H3. The fraction of sp³-hybridized carbons (Fsp3) is 0.600. The van der Waals surface area contributed by atoms with Gasteiger partial charge in [0.05, 0.1) is 6.10 Å². The van der Waals surface area contributed by atoms with Crippen LogP contribution in [0, 0.1) is 6.92 Å². The Morgan fingerprint density at radius 2 is 1.76 bits per heavy atom. The zero-order valence-corrected chi connectivity index (χ0v) is 10.7. The summed E-state index contributed by atoms with van der Waals surface area (Å²) < 4.78 is 0. The summed E-state index contributed by atoms with van der Waals surface area (Å²) in [5, 5.41) is 10.3. The van der Waals surface area contributed by atoms with E-state index in [4.69, 9.17) is 0 Å². The average molecular weight is 233 g/mol. The van der Waals surface area contributed by atoms with Crippen molar-refractivity contribution in [1.29, 1.82) is 0 Å². The molecule has 2 nitrogen and oxygen atoms in total. The molecule has 2 rings (SSSR count). The van der Waals surface area contributed by atoms with E-state index in [1.54, 1.807) is 0 Å². The number of aliphatic hydroxyl groups excluding tert-OH is 1. The van der Waals surface area contributed by atoms with Gasteiger partial charge in [-0.05, 0) is 44.0 Å². The summed E-state index contributed by atoms with van der Waals surface area (Å²) in [6.07, 6.45) is 4.91. The van der Waals surface area contributed by atoms with Crippen molar-refractivity contribution in [3.63, 3.8) is 0 Å². The molecule has 0 saturated carbocycles. The van der Waals surface area contributed by atoms with Gasteiger partial charge in [0.1, 0.15) is 0 Å². The van der Waals surface area contributed by atoms with Gasteiger partial charge < -0.3 is 10.0 Å². The van der Waals surface area contributed by atoms with Gasteiger partial charge in [-0.2, -0.15) is 0 Å². The molecule has 1 aromatic rings. The lowest BCUT2D eigenvalue weighted by molar-refractivity contribution is 0.114. The van der Waals surface area contributed by atoms with Gasteiger partial charge in [-0.1, -0.05) is 37.1 Å². The summed E-state index contributed by atoms with van der Waals surface area (Å²) in [4.78, 5) is 2.41. The van der Waals surface area contributed by atoms with E-state index in [1.165, 1.54) is 31.2 Å². The molecule has 0 amide bonds. The Labute approximate surface area is 104 Å². The minimum atomic E-state index is -0.339. The number of aryl methyl sites for hydroxylation is 1. The minimum Gasteiger partial charge on any atom is -0.387 e. The van der Waals surface area contributed by atoms with Crippen LogP contribution in [0.1, 0.15) is 42.9 Å². The molecule has 1 saturated heterocycles. The first-order chi connectivity index (χ1) is 8.27. The maximum atomic E-state index is 10.3. The maximum absolute atomic E-state index is 10.3. The lowest BCUT2D eigenvalue weighted by Gasteiger charge is -2.24. The highest BCUT2D eigenvalue weighted by Gasteiger charge is 2.16. The lowest BCUT2D eigenvalue weighted by atomic mass is 10.0. The topological polar surface area (TPSA) is 23.5 Å². The number of hydrogen-bond donors (Lipinski definition) is 1. The third-order valence-electron chi connectivity index (χ3n) is 3.68. The molecule has 94 valence electrons. The minimum absolute atomic E-state index is 0.339. The van der Waals surface area contributed by atoms with E-state index in [-0.39, 0.29) is 6.10 Å². The Morgan fingerprint density at radius 1 is 1.12 bits per heavy atom. The molecule has 0 radical (unpaired) electrons. The molecular weight excluding hydrogens is 210 g/mol. The predicted molar refractivity (Wildman–Crippen MR) is 71.0 cm³/mol. The van der Waals surface area contributed by atoms with Gasteiger partial charge in [0, 0.05) is 6.54 Å². The van der Waals surface area contributed by atoms with E-state index < -0.39 is 0 Å². The van der Waals surface area contributed by atoms with Crippen LogP contribution in [0.3, 0.4) is 0 Å². The molecule has 1 aliphatic heterocycles. The number of aliphatic hydroxyl groups is 1. The molecule has 1 aromatic carbocycles. The number of likely N-dealkylation sites (tertiary alicyclic amines) is 1. The second-order valence-corrected chi connectivity index (χ2v) is 5.09. The highest BCUT2D eigenvalue weighted by atomic mass is 16.3. The molecule has 1 unspecified atom stereocenters. The smallest absolute Gasteiger partial charge is 0.0919 e. The van der Waals surface area contributed by atoms with Crippen molar-refractivity contribution >= 4 is 0 Å². The summed E-state index contributed by atoms with van der Waals surface area (Å²) >= 11 is 0. The van der Waals surface area contributed by atoms with Crippen LogP contribution in [0.15, 0.2) is 24.3 Å². The highest BCUT2D eigenvalue weighted by molar-refractivity contribution is 5.27. The molecule has 17 heavy (non-hydrogen) atoms. The van der Waals surface area contributed by atoms with E-state index in [0.29, 0.717) is 0 Å². The zero-order chi connectivity index (χ0) is 12.1. The van der Waals surface area contributed by atoms with Crippen molar-refractivity contribution in [2.45, 2.75) is 38.7 Å². The van der Waals surface area contributed by atoms with Crippen LogP contribution >= 0.6 is 0 Å². The second kappa shape index (κ2) is 6.18. The average Bonchev–Trinajstić information content (AvgIpc) is 2.58. The van der Waals surface area contributed by atoms with Gasteiger partial charge in [-0.3, -0.25) is 0 Å². The van der Waals surface area contributed by atoms with Gasteiger partial charge in [-0.25, -0.2) is 0 Å². The SMILES string of the molecule is Cc1ccccc1C(O)CN1CCCCCC1. The Hall–Kier alpha value is -0.860. The van der Waals surface area contributed by atoms with Crippen LogP contribution in [0.4, 0.5) is 0 Å². The number of β-amino-alcohol motifs (C(OH)–C–C–N with tert-alkyl or cyclic N) is 1. The summed E-state index contributed by atoms with van der Waals surface area (Å²) in [5.74, 6) is 0. The first-order valence-electron chi connectivity index (χ1n) is 6.73. The van der Waals surface area contributed by atoms with Crippen molar-refractivity contribution in [3.05, 3.63) is 35.4 Å². The summed E-state index contributed by atoms with van der Waals surface area (Å²) in [6.45, 7) is 5.14. The van der Waals surface area contributed by atoms with E-state index in [9.17, 15) is 5.11 Å². The van der Waals surface area contributed by atoms with Crippen LogP contribution in [0.25, 0.3) is 0 Å². The molecule has 1 aliphatic rings. The number of rotatable bonds is 3. The molecule has 0 aromatic heterocycles. The third-order valence-corrected chi connectivity index (χ3v) is 3.68. The van der Waals surface area contributed by atoms with E-state index in [1.807, 2.05) is 18.2 Å². The molecular formula is C15H23NO. The van der Waals surface area contributed by atoms with Crippen molar-refractivity contribution in [2.24, 2.45) is 0 Å². The van der Waals surface area contributed by atoms with Crippen molar-refractivity contribution in [3.8, 4) is 0 Å². The Morgan fingerprint density at radius 3 is 2.41 bits per heavy atom. The molecule has 1 heterocycles. The van der Waals surface area contributed by atoms with E-state index >= 15 is 0 Å². The van der Waals surface area contributed by atoms with Gasteiger partial charge in [0.2, 0.25) is 0 Å². The second-order valence-electron chi connectivity index (χ2n) is 5.09. The molecule has 0 bridgehead atoms.